The van der Waals surface area contributed by atoms with Crippen LogP contribution in [0.15, 0.2) is 36.4 Å². The number of rotatable bonds is 7. The number of methoxy groups -OCH3 is 3. The normalized spacial score (nSPS) is 10.0. The number of carbonyl (C=O) groups excluding carboxylic acids is 1. The summed E-state index contributed by atoms with van der Waals surface area (Å²) in [7, 11) is 4.44. The first-order chi connectivity index (χ1) is 11.6. The van der Waals surface area contributed by atoms with E-state index in [9.17, 15) is 9.18 Å². The lowest BCUT2D eigenvalue weighted by atomic mass is 10.2. The molecule has 0 bridgehead atoms. The first-order valence-corrected chi connectivity index (χ1v) is 7.06. The molecule has 2 aromatic rings. The highest BCUT2D eigenvalue weighted by molar-refractivity contribution is 5.92. The molecule has 0 fully saturated rings. The fraction of sp³-hybridized carbons (Fsp3) is 0.235. The second-order valence-corrected chi connectivity index (χ2v) is 4.68. The van der Waals surface area contributed by atoms with Crippen molar-refractivity contribution in [1.29, 1.82) is 0 Å². The van der Waals surface area contributed by atoms with Gasteiger partial charge in [0.2, 0.25) is 5.75 Å². The molecule has 0 saturated carbocycles. The number of benzene rings is 2. The SMILES string of the molecule is COc1cc(NC(=O)COc2ccccc2F)cc(OC)c1OC. The molecule has 2 aromatic carbocycles. The van der Waals surface area contributed by atoms with E-state index in [0.717, 1.165) is 0 Å². The predicted octanol–water partition coefficient (Wildman–Crippen LogP) is 2.87. The molecule has 2 rings (SSSR count). The van der Waals surface area contributed by atoms with Crippen LogP contribution in [0.25, 0.3) is 0 Å². The summed E-state index contributed by atoms with van der Waals surface area (Å²) in [6.07, 6.45) is 0. The summed E-state index contributed by atoms with van der Waals surface area (Å²) in [5, 5.41) is 2.63. The molecule has 0 atom stereocenters. The van der Waals surface area contributed by atoms with Gasteiger partial charge in [0.15, 0.2) is 29.7 Å². The van der Waals surface area contributed by atoms with Gasteiger partial charge in [0, 0.05) is 17.8 Å². The molecule has 0 unspecified atom stereocenters. The average Bonchev–Trinajstić information content (AvgIpc) is 2.60. The largest absolute Gasteiger partial charge is 0.493 e. The lowest BCUT2D eigenvalue weighted by Gasteiger charge is -2.14. The van der Waals surface area contributed by atoms with Gasteiger partial charge in [0.25, 0.3) is 5.91 Å². The van der Waals surface area contributed by atoms with Crippen LogP contribution in [-0.2, 0) is 4.79 Å². The van der Waals surface area contributed by atoms with Gasteiger partial charge in [0.05, 0.1) is 21.3 Å². The third-order valence-corrected chi connectivity index (χ3v) is 3.14. The van der Waals surface area contributed by atoms with Crippen LogP contribution in [0.5, 0.6) is 23.0 Å². The van der Waals surface area contributed by atoms with Crippen LogP contribution < -0.4 is 24.3 Å². The van der Waals surface area contributed by atoms with E-state index < -0.39 is 11.7 Å². The number of nitrogens with one attached hydrogen (secondary N) is 1. The van der Waals surface area contributed by atoms with Crippen LogP contribution in [0.2, 0.25) is 0 Å². The lowest BCUT2D eigenvalue weighted by Crippen LogP contribution is -2.20. The molecule has 0 aliphatic heterocycles. The quantitative estimate of drug-likeness (QED) is 0.843. The Balaban J connectivity index is 2.07. The van der Waals surface area contributed by atoms with E-state index >= 15 is 0 Å². The van der Waals surface area contributed by atoms with Gasteiger partial charge in [-0.2, -0.15) is 0 Å². The molecule has 0 spiro atoms. The standard InChI is InChI=1S/C17H18FNO5/c1-21-14-8-11(9-15(22-2)17(14)23-3)19-16(20)10-24-13-7-5-4-6-12(13)18/h4-9H,10H2,1-3H3,(H,19,20). The Morgan fingerprint density at radius 3 is 2.17 bits per heavy atom. The Morgan fingerprint density at radius 2 is 1.62 bits per heavy atom. The van der Waals surface area contributed by atoms with Crippen LogP contribution in [0.3, 0.4) is 0 Å². The van der Waals surface area contributed by atoms with Crippen molar-refractivity contribution in [3.63, 3.8) is 0 Å². The maximum atomic E-state index is 13.4. The van der Waals surface area contributed by atoms with E-state index in [0.29, 0.717) is 22.9 Å². The number of ether oxygens (including phenoxy) is 4. The lowest BCUT2D eigenvalue weighted by molar-refractivity contribution is -0.118. The number of anilines is 1. The van der Waals surface area contributed by atoms with E-state index in [2.05, 4.69) is 5.32 Å². The molecule has 1 amide bonds. The molecular weight excluding hydrogens is 317 g/mol. The van der Waals surface area contributed by atoms with Gasteiger partial charge in [-0.05, 0) is 12.1 Å². The molecule has 24 heavy (non-hydrogen) atoms. The summed E-state index contributed by atoms with van der Waals surface area (Å²) < 4.78 is 34.2. The zero-order valence-electron chi connectivity index (χ0n) is 13.6. The maximum Gasteiger partial charge on any atom is 0.262 e. The molecular formula is C17H18FNO5. The van der Waals surface area contributed by atoms with Gasteiger partial charge in [0.1, 0.15) is 0 Å². The van der Waals surface area contributed by atoms with Crippen molar-refractivity contribution >= 4 is 11.6 Å². The molecule has 6 nitrogen and oxygen atoms in total. The van der Waals surface area contributed by atoms with E-state index in [1.54, 1.807) is 18.2 Å². The van der Waals surface area contributed by atoms with Crippen molar-refractivity contribution in [3.8, 4) is 23.0 Å². The third-order valence-electron chi connectivity index (χ3n) is 3.14. The number of hydrogen-bond donors (Lipinski definition) is 1. The number of halogens is 1. The molecule has 0 heterocycles. The zero-order chi connectivity index (χ0) is 17.5. The minimum absolute atomic E-state index is 0.0116. The summed E-state index contributed by atoms with van der Waals surface area (Å²) in [6.45, 7) is -0.336. The number of hydrogen-bond acceptors (Lipinski definition) is 5. The monoisotopic (exact) mass is 335 g/mol. The summed E-state index contributed by atoms with van der Waals surface area (Å²) in [5.41, 5.74) is 0.437. The van der Waals surface area contributed by atoms with Crippen molar-refractivity contribution in [2.24, 2.45) is 0 Å². The number of carbonyl (C=O) groups is 1. The van der Waals surface area contributed by atoms with Crippen LogP contribution in [-0.4, -0.2) is 33.8 Å². The fourth-order valence-electron chi connectivity index (χ4n) is 2.06. The Labute approximate surface area is 139 Å². The first-order valence-electron chi connectivity index (χ1n) is 7.06. The third kappa shape index (κ3) is 4.07. The molecule has 0 aliphatic rings. The van der Waals surface area contributed by atoms with Crippen molar-refractivity contribution in [2.75, 3.05) is 33.3 Å². The second kappa shape index (κ2) is 8.05. The Morgan fingerprint density at radius 1 is 1.00 bits per heavy atom. The van der Waals surface area contributed by atoms with Gasteiger partial charge in [-0.1, -0.05) is 12.1 Å². The van der Waals surface area contributed by atoms with Gasteiger partial charge in [-0.15, -0.1) is 0 Å². The molecule has 1 N–H and O–H groups in total. The fourth-order valence-corrected chi connectivity index (χ4v) is 2.06. The van der Waals surface area contributed by atoms with Crippen molar-refractivity contribution < 1.29 is 28.1 Å². The Bertz CT molecular complexity index is 695. The van der Waals surface area contributed by atoms with E-state index in [1.165, 1.54) is 39.5 Å². The van der Waals surface area contributed by atoms with Crippen LogP contribution in [0.4, 0.5) is 10.1 Å². The van der Waals surface area contributed by atoms with Gasteiger partial charge in [-0.3, -0.25) is 4.79 Å². The van der Waals surface area contributed by atoms with Gasteiger partial charge < -0.3 is 24.3 Å². The number of para-hydroxylation sites is 1. The molecule has 7 heteroatoms. The highest BCUT2D eigenvalue weighted by Crippen LogP contribution is 2.39. The zero-order valence-corrected chi connectivity index (χ0v) is 13.6. The maximum absolute atomic E-state index is 13.4. The van der Waals surface area contributed by atoms with Crippen molar-refractivity contribution in [1.82, 2.24) is 0 Å². The van der Waals surface area contributed by atoms with Gasteiger partial charge in [-0.25, -0.2) is 4.39 Å². The van der Waals surface area contributed by atoms with E-state index in [-0.39, 0.29) is 12.4 Å². The molecule has 128 valence electrons. The number of amides is 1. The first kappa shape index (κ1) is 17.4. The molecule has 0 radical (unpaired) electrons. The summed E-state index contributed by atoms with van der Waals surface area (Å²) in [5.74, 6) is 0.258. The predicted molar refractivity (Wildman–Crippen MR) is 86.6 cm³/mol. The van der Waals surface area contributed by atoms with Crippen LogP contribution >= 0.6 is 0 Å². The Hall–Kier alpha value is -2.96. The van der Waals surface area contributed by atoms with Crippen molar-refractivity contribution in [3.05, 3.63) is 42.2 Å². The highest BCUT2D eigenvalue weighted by Gasteiger charge is 2.15. The van der Waals surface area contributed by atoms with Crippen LogP contribution in [0.1, 0.15) is 0 Å². The summed E-state index contributed by atoms with van der Waals surface area (Å²) in [4.78, 5) is 12.0. The Kier molecular flexibility index (Phi) is 5.83. The average molecular weight is 335 g/mol. The second-order valence-electron chi connectivity index (χ2n) is 4.68. The van der Waals surface area contributed by atoms with Crippen LogP contribution in [0, 0.1) is 5.82 Å². The van der Waals surface area contributed by atoms with Gasteiger partial charge >= 0.3 is 0 Å². The summed E-state index contributed by atoms with van der Waals surface area (Å²) in [6, 6.07) is 9.03. The molecule has 0 saturated heterocycles. The minimum atomic E-state index is -0.530. The molecule has 0 aromatic heterocycles. The highest BCUT2D eigenvalue weighted by atomic mass is 19.1. The smallest absolute Gasteiger partial charge is 0.262 e. The minimum Gasteiger partial charge on any atom is -0.493 e. The topological polar surface area (TPSA) is 66.0 Å². The van der Waals surface area contributed by atoms with Crippen molar-refractivity contribution in [2.45, 2.75) is 0 Å². The van der Waals surface area contributed by atoms with E-state index in [4.69, 9.17) is 18.9 Å². The summed E-state index contributed by atoms with van der Waals surface area (Å²) >= 11 is 0. The molecule has 0 aliphatic carbocycles. The van der Waals surface area contributed by atoms with E-state index in [1.807, 2.05) is 0 Å².